The summed E-state index contributed by atoms with van der Waals surface area (Å²) in [6.45, 7) is 3.60. The van der Waals surface area contributed by atoms with Crippen LogP contribution in [0.5, 0.6) is 0 Å². The van der Waals surface area contributed by atoms with E-state index in [9.17, 15) is 4.21 Å². The van der Waals surface area contributed by atoms with Crippen molar-refractivity contribution in [2.75, 3.05) is 33.7 Å². The predicted octanol–water partition coefficient (Wildman–Crippen LogP) is 2.14. The van der Waals surface area contributed by atoms with Crippen molar-refractivity contribution in [2.45, 2.75) is 24.0 Å². The van der Waals surface area contributed by atoms with E-state index in [4.69, 9.17) is 18.9 Å². The predicted molar refractivity (Wildman–Crippen MR) is 86.9 cm³/mol. The molecular weight excluding hydrogens is 316 g/mol. The van der Waals surface area contributed by atoms with Gasteiger partial charge in [-0.1, -0.05) is 24.1 Å². The molecule has 0 aromatic heterocycles. The first-order chi connectivity index (χ1) is 11.2. The molecule has 1 aliphatic heterocycles. The van der Waals surface area contributed by atoms with Gasteiger partial charge in [-0.2, -0.15) is 0 Å². The Kier molecular flexibility index (Phi) is 7.21. The molecule has 1 saturated heterocycles. The highest BCUT2D eigenvalue weighted by molar-refractivity contribution is 7.89. The minimum Gasteiger partial charge on any atom is -0.359 e. The second-order valence-electron chi connectivity index (χ2n) is 5.25. The quantitative estimate of drug-likeness (QED) is 0.433. The summed E-state index contributed by atoms with van der Waals surface area (Å²) in [5.41, 5.74) is 0. The lowest BCUT2D eigenvalue weighted by Crippen LogP contribution is -2.38. The van der Waals surface area contributed by atoms with Crippen molar-refractivity contribution in [1.82, 2.24) is 0 Å². The molecule has 1 aromatic carbocycles. The summed E-state index contributed by atoms with van der Waals surface area (Å²) in [5, 5.41) is 2.78. The first kappa shape index (κ1) is 18.1. The van der Waals surface area contributed by atoms with E-state index < -0.39 is 16.6 Å². The van der Waals surface area contributed by atoms with Crippen LogP contribution in [0.15, 0.2) is 35.2 Å². The molecule has 1 heterocycles. The average molecular weight is 338 g/mol. The van der Waals surface area contributed by atoms with Crippen LogP contribution in [-0.2, 0) is 29.7 Å². The van der Waals surface area contributed by atoms with Crippen LogP contribution in [0.1, 0.15) is 13.3 Å². The molecular formula is C17H22O5S. The number of rotatable bonds is 7. The molecule has 23 heavy (non-hydrogen) atoms. The SMILES string of the molecule is COCOCC(CC#CS(=O)c1ccccc1)C1(C)OCCO1. The van der Waals surface area contributed by atoms with Crippen molar-refractivity contribution in [2.24, 2.45) is 5.92 Å². The van der Waals surface area contributed by atoms with E-state index in [0.29, 0.717) is 31.1 Å². The molecule has 1 aromatic rings. The molecule has 0 amide bonds. The Morgan fingerprint density at radius 1 is 1.30 bits per heavy atom. The fourth-order valence-corrected chi connectivity index (χ4v) is 3.01. The summed E-state index contributed by atoms with van der Waals surface area (Å²) in [7, 11) is 0.241. The molecule has 1 aliphatic rings. The van der Waals surface area contributed by atoms with Crippen LogP contribution in [0.4, 0.5) is 0 Å². The smallest absolute Gasteiger partial charge is 0.171 e. The van der Waals surface area contributed by atoms with Gasteiger partial charge >= 0.3 is 0 Å². The third-order valence-electron chi connectivity index (χ3n) is 3.59. The molecule has 2 rings (SSSR count). The molecule has 0 aliphatic carbocycles. The van der Waals surface area contributed by atoms with Gasteiger partial charge in [-0.25, -0.2) is 4.21 Å². The van der Waals surface area contributed by atoms with E-state index in [-0.39, 0.29) is 12.7 Å². The van der Waals surface area contributed by atoms with E-state index >= 15 is 0 Å². The Morgan fingerprint density at radius 2 is 2.00 bits per heavy atom. The maximum Gasteiger partial charge on any atom is 0.171 e. The number of benzene rings is 1. The maximum absolute atomic E-state index is 12.1. The standard InChI is InChI=1S/C17H22O5S/c1-17(21-10-11-22-17)15(13-20-14-19-2)7-6-12-23(18)16-8-4-3-5-9-16/h3-5,8-9,15H,7,10-11,13-14H2,1-2H3. The maximum atomic E-state index is 12.1. The van der Waals surface area contributed by atoms with Crippen molar-refractivity contribution in [3.63, 3.8) is 0 Å². The molecule has 6 heteroatoms. The van der Waals surface area contributed by atoms with Gasteiger partial charge in [0.25, 0.3) is 0 Å². The highest BCUT2D eigenvalue weighted by Gasteiger charge is 2.39. The van der Waals surface area contributed by atoms with Gasteiger partial charge in [0.2, 0.25) is 0 Å². The molecule has 126 valence electrons. The molecule has 0 bridgehead atoms. The lowest BCUT2D eigenvalue weighted by atomic mass is 9.97. The highest BCUT2D eigenvalue weighted by atomic mass is 32.2. The van der Waals surface area contributed by atoms with Crippen molar-refractivity contribution >= 4 is 10.8 Å². The second-order valence-corrected chi connectivity index (χ2v) is 6.46. The third-order valence-corrected chi connectivity index (χ3v) is 4.62. The minimum atomic E-state index is -1.33. The Balaban J connectivity index is 1.98. The van der Waals surface area contributed by atoms with Crippen molar-refractivity contribution < 1.29 is 23.2 Å². The summed E-state index contributed by atoms with van der Waals surface area (Å²) in [6, 6.07) is 9.17. The van der Waals surface area contributed by atoms with Gasteiger partial charge < -0.3 is 18.9 Å². The van der Waals surface area contributed by atoms with Crippen molar-refractivity contribution in [3.8, 4) is 11.2 Å². The molecule has 2 unspecified atom stereocenters. The Labute approximate surface area is 139 Å². The first-order valence-corrected chi connectivity index (χ1v) is 8.60. The second kappa shape index (κ2) is 9.16. The fourth-order valence-electron chi connectivity index (χ4n) is 2.27. The molecule has 2 atom stereocenters. The van der Waals surface area contributed by atoms with Crippen LogP contribution in [0, 0.1) is 17.1 Å². The summed E-state index contributed by atoms with van der Waals surface area (Å²) >= 11 is 0. The summed E-state index contributed by atoms with van der Waals surface area (Å²) in [4.78, 5) is 0.701. The number of hydrogen-bond donors (Lipinski definition) is 0. The largest absolute Gasteiger partial charge is 0.359 e. The molecule has 0 radical (unpaired) electrons. The van der Waals surface area contributed by atoms with Gasteiger partial charge in [0, 0.05) is 24.7 Å². The van der Waals surface area contributed by atoms with Gasteiger partial charge in [0.15, 0.2) is 5.79 Å². The Morgan fingerprint density at radius 3 is 2.65 bits per heavy atom. The fraction of sp³-hybridized carbons (Fsp3) is 0.529. The Hall–Kier alpha value is -1.23. The normalized spacial score (nSPS) is 18.9. The highest BCUT2D eigenvalue weighted by Crippen LogP contribution is 2.30. The van der Waals surface area contributed by atoms with E-state index in [1.807, 2.05) is 25.1 Å². The van der Waals surface area contributed by atoms with Gasteiger partial charge in [-0.05, 0) is 19.1 Å². The van der Waals surface area contributed by atoms with Crippen LogP contribution >= 0.6 is 0 Å². The van der Waals surface area contributed by atoms with Crippen molar-refractivity contribution in [1.29, 1.82) is 0 Å². The summed E-state index contributed by atoms with van der Waals surface area (Å²) in [5.74, 6) is 2.17. The molecule has 0 N–H and O–H groups in total. The van der Waals surface area contributed by atoms with E-state index in [1.165, 1.54) is 0 Å². The van der Waals surface area contributed by atoms with Crippen LogP contribution < -0.4 is 0 Å². The zero-order chi connectivity index (χ0) is 16.5. The molecule has 0 saturated carbocycles. The lowest BCUT2D eigenvalue weighted by Gasteiger charge is -2.30. The van der Waals surface area contributed by atoms with Crippen LogP contribution in [0.25, 0.3) is 0 Å². The molecule has 5 nitrogen and oxygen atoms in total. The number of methoxy groups -OCH3 is 1. The number of ether oxygens (including phenoxy) is 4. The first-order valence-electron chi connectivity index (χ1n) is 7.45. The lowest BCUT2D eigenvalue weighted by molar-refractivity contribution is -0.198. The van der Waals surface area contributed by atoms with E-state index in [2.05, 4.69) is 11.2 Å². The summed E-state index contributed by atoms with van der Waals surface area (Å²) < 4.78 is 33.8. The van der Waals surface area contributed by atoms with Gasteiger partial charge in [0.1, 0.15) is 17.6 Å². The van der Waals surface area contributed by atoms with Gasteiger partial charge in [0.05, 0.1) is 24.7 Å². The van der Waals surface area contributed by atoms with Gasteiger partial charge in [-0.15, -0.1) is 0 Å². The minimum absolute atomic E-state index is 0.0829. The topological polar surface area (TPSA) is 54.0 Å². The zero-order valence-corrected chi connectivity index (χ0v) is 14.3. The zero-order valence-electron chi connectivity index (χ0n) is 13.4. The van der Waals surface area contributed by atoms with Gasteiger partial charge in [-0.3, -0.25) is 0 Å². The van der Waals surface area contributed by atoms with Crippen molar-refractivity contribution in [3.05, 3.63) is 30.3 Å². The molecule has 1 fully saturated rings. The van der Waals surface area contributed by atoms with Crippen LogP contribution in [-0.4, -0.2) is 43.7 Å². The average Bonchev–Trinajstić information content (AvgIpc) is 3.02. The monoisotopic (exact) mass is 338 g/mol. The van der Waals surface area contributed by atoms with Crippen LogP contribution in [0.3, 0.4) is 0 Å². The number of hydrogen-bond acceptors (Lipinski definition) is 5. The van der Waals surface area contributed by atoms with Crippen LogP contribution in [0.2, 0.25) is 0 Å². The molecule has 0 spiro atoms. The Bertz CT molecular complexity index is 557. The third kappa shape index (κ3) is 5.41. The van der Waals surface area contributed by atoms with E-state index in [0.717, 1.165) is 0 Å². The summed E-state index contributed by atoms with van der Waals surface area (Å²) in [6.07, 6.45) is 0.471. The van der Waals surface area contributed by atoms with E-state index in [1.54, 1.807) is 19.2 Å².